The minimum absolute atomic E-state index is 0.160. The van der Waals surface area contributed by atoms with Crippen molar-refractivity contribution in [3.05, 3.63) is 0 Å². The van der Waals surface area contributed by atoms with Gasteiger partial charge in [0.05, 0.1) is 0 Å². The van der Waals surface area contributed by atoms with Crippen molar-refractivity contribution < 1.29 is 9.90 Å². The molecule has 0 saturated heterocycles. The number of carbonyl (C=O) groups is 1. The lowest BCUT2D eigenvalue weighted by Gasteiger charge is -2.34. The van der Waals surface area contributed by atoms with Gasteiger partial charge in [0.1, 0.15) is 0 Å². The Hall–Kier alpha value is -0.610. The molecule has 0 spiro atoms. The van der Waals surface area contributed by atoms with Gasteiger partial charge in [-0.05, 0) is 44.4 Å². The average Bonchev–Trinajstić information content (AvgIpc) is 2.33. The fourth-order valence-electron chi connectivity index (χ4n) is 2.84. The van der Waals surface area contributed by atoms with E-state index >= 15 is 0 Å². The Morgan fingerprint density at radius 1 is 1.33 bits per heavy atom. The number of carbonyl (C=O) groups excluding carboxylic acids is 1. The fraction of sp³-hybridized carbons (Fsp3) is 0.929. The quantitative estimate of drug-likeness (QED) is 0.705. The molecular formula is C14H28N2O2. The third-order valence-electron chi connectivity index (χ3n) is 4.05. The minimum atomic E-state index is 0.160. The van der Waals surface area contributed by atoms with Gasteiger partial charge >= 0.3 is 0 Å². The highest BCUT2D eigenvalue weighted by atomic mass is 16.2. The molecule has 0 bridgehead atoms. The van der Waals surface area contributed by atoms with Crippen molar-refractivity contribution in [3.63, 3.8) is 0 Å². The van der Waals surface area contributed by atoms with Crippen LogP contribution in [0.15, 0.2) is 0 Å². The molecule has 1 amide bonds. The van der Waals surface area contributed by atoms with Crippen LogP contribution in [0.2, 0.25) is 0 Å². The third-order valence-corrected chi connectivity index (χ3v) is 4.05. The summed E-state index contributed by atoms with van der Waals surface area (Å²) in [7, 11) is 1.89. The lowest BCUT2D eigenvalue weighted by Crippen LogP contribution is -2.41. The van der Waals surface area contributed by atoms with E-state index in [9.17, 15) is 4.79 Å². The molecule has 0 aromatic rings. The number of hydrogen-bond acceptors (Lipinski definition) is 3. The zero-order valence-electron chi connectivity index (χ0n) is 11.8. The topological polar surface area (TPSA) is 66.6 Å². The van der Waals surface area contributed by atoms with Crippen LogP contribution in [0, 0.1) is 11.8 Å². The Morgan fingerprint density at radius 3 is 2.67 bits per heavy atom. The monoisotopic (exact) mass is 256 g/mol. The summed E-state index contributed by atoms with van der Waals surface area (Å²) in [5.74, 6) is 0.840. The minimum Gasteiger partial charge on any atom is -0.396 e. The maximum atomic E-state index is 12.3. The zero-order valence-corrected chi connectivity index (χ0v) is 11.8. The van der Waals surface area contributed by atoms with Gasteiger partial charge in [-0.1, -0.05) is 6.92 Å². The number of unbranched alkanes of at least 4 members (excludes halogenated alkanes) is 2. The number of hydrogen-bond donors (Lipinski definition) is 2. The first kappa shape index (κ1) is 15.4. The standard InChI is InChI=1S/C14H28N2O2/c1-11-10-12(15)6-7-13(11)14(18)16(2)8-4-3-5-9-17/h11-13,17H,3-10,15H2,1-2H3. The molecule has 0 aliphatic heterocycles. The van der Waals surface area contributed by atoms with E-state index in [2.05, 4.69) is 6.92 Å². The van der Waals surface area contributed by atoms with Crippen molar-refractivity contribution >= 4 is 5.91 Å². The summed E-state index contributed by atoms with van der Waals surface area (Å²) in [6.07, 6.45) is 5.66. The molecule has 4 heteroatoms. The Morgan fingerprint density at radius 2 is 2.06 bits per heavy atom. The molecule has 0 radical (unpaired) electrons. The molecule has 3 unspecified atom stereocenters. The number of aliphatic hydroxyl groups excluding tert-OH is 1. The Kier molecular flexibility index (Phi) is 6.65. The van der Waals surface area contributed by atoms with E-state index < -0.39 is 0 Å². The summed E-state index contributed by atoms with van der Waals surface area (Å²) in [4.78, 5) is 14.2. The molecule has 18 heavy (non-hydrogen) atoms. The largest absolute Gasteiger partial charge is 0.396 e. The van der Waals surface area contributed by atoms with E-state index in [-0.39, 0.29) is 24.5 Å². The summed E-state index contributed by atoms with van der Waals surface area (Å²) in [6, 6.07) is 0.277. The van der Waals surface area contributed by atoms with Gasteiger partial charge in [-0.15, -0.1) is 0 Å². The zero-order chi connectivity index (χ0) is 13.5. The number of amides is 1. The Labute approximate surface area is 111 Å². The first-order valence-electron chi connectivity index (χ1n) is 7.17. The van der Waals surface area contributed by atoms with Crippen LogP contribution in [0.5, 0.6) is 0 Å². The lowest BCUT2D eigenvalue weighted by molar-refractivity contribution is -0.137. The van der Waals surface area contributed by atoms with Crippen molar-refractivity contribution in [1.82, 2.24) is 4.90 Å². The van der Waals surface area contributed by atoms with E-state index in [1.54, 1.807) is 0 Å². The van der Waals surface area contributed by atoms with Crippen molar-refractivity contribution in [3.8, 4) is 0 Å². The first-order chi connectivity index (χ1) is 8.56. The fourth-order valence-corrected chi connectivity index (χ4v) is 2.84. The highest BCUT2D eigenvalue weighted by Gasteiger charge is 2.32. The maximum Gasteiger partial charge on any atom is 0.225 e. The van der Waals surface area contributed by atoms with E-state index in [0.29, 0.717) is 5.92 Å². The van der Waals surface area contributed by atoms with E-state index in [0.717, 1.165) is 45.1 Å². The van der Waals surface area contributed by atoms with Crippen molar-refractivity contribution in [2.45, 2.75) is 51.5 Å². The number of rotatable bonds is 6. The predicted molar refractivity (Wildman–Crippen MR) is 73.1 cm³/mol. The second kappa shape index (κ2) is 7.74. The molecule has 1 aliphatic carbocycles. The van der Waals surface area contributed by atoms with Crippen molar-refractivity contribution in [2.75, 3.05) is 20.2 Å². The smallest absolute Gasteiger partial charge is 0.225 e. The van der Waals surface area contributed by atoms with Crippen LogP contribution in [0.1, 0.15) is 45.4 Å². The van der Waals surface area contributed by atoms with E-state index in [4.69, 9.17) is 10.8 Å². The van der Waals surface area contributed by atoms with Crippen LogP contribution < -0.4 is 5.73 Å². The van der Waals surface area contributed by atoms with Crippen LogP contribution in [0.4, 0.5) is 0 Å². The summed E-state index contributed by atoms with van der Waals surface area (Å²) in [6.45, 7) is 3.19. The lowest BCUT2D eigenvalue weighted by atomic mass is 9.77. The summed E-state index contributed by atoms with van der Waals surface area (Å²) in [5.41, 5.74) is 5.93. The second-order valence-electron chi connectivity index (χ2n) is 5.70. The average molecular weight is 256 g/mol. The van der Waals surface area contributed by atoms with Gasteiger partial charge in [-0.25, -0.2) is 0 Å². The van der Waals surface area contributed by atoms with E-state index in [1.165, 1.54) is 0 Å². The van der Waals surface area contributed by atoms with Gasteiger partial charge in [0.25, 0.3) is 0 Å². The SMILES string of the molecule is CC1CC(N)CCC1C(=O)N(C)CCCCCO. The molecular weight excluding hydrogens is 228 g/mol. The summed E-state index contributed by atoms with van der Waals surface area (Å²) in [5, 5.41) is 8.71. The Balaban J connectivity index is 2.33. The molecule has 0 aromatic carbocycles. The van der Waals surface area contributed by atoms with Gasteiger partial charge in [-0.3, -0.25) is 4.79 Å². The number of nitrogens with two attached hydrogens (primary N) is 1. The van der Waals surface area contributed by atoms with Gasteiger partial charge in [-0.2, -0.15) is 0 Å². The number of nitrogens with zero attached hydrogens (tertiary/aromatic N) is 1. The van der Waals surface area contributed by atoms with Crippen LogP contribution in [-0.4, -0.2) is 42.2 Å². The third kappa shape index (κ3) is 4.58. The van der Waals surface area contributed by atoms with Crippen LogP contribution in [0.3, 0.4) is 0 Å². The predicted octanol–water partition coefficient (Wildman–Crippen LogP) is 1.37. The highest BCUT2D eigenvalue weighted by molar-refractivity contribution is 5.79. The molecule has 1 fully saturated rings. The molecule has 0 aromatic heterocycles. The normalized spacial score (nSPS) is 28.1. The van der Waals surface area contributed by atoms with Crippen molar-refractivity contribution in [2.24, 2.45) is 17.6 Å². The summed E-state index contributed by atoms with van der Waals surface area (Å²) >= 11 is 0. The first-order valence-corrected chi connectivity index (χ1v) is 7.17. The molecule has 1 rings (SSSR count). The van der Waals surface area contributed by atoms with Crippen LogP contribution in [0.25, 0.3) is 0 Å². The molecule has 106 valence electrons. The van der Waals surface area contributed by atoms with Gasteiger partial charge < -0.3 is 15.7 Å². The highest BCUT2D eigenvalue weighted by Crippen LogP contribution is 2.30. The van der Waals surface area contributed by atoms with Gasteiger partial charge in [0.2, 0.25) is 5.91 Å². The molecule has 3 atom stereocenters. The molecule has 0 heterocycles. The molecule has 1 aliphatic rings. The summed E-state index contributed by atoms with van der Waals surface area (Å²) < 4.78 is 0. The molecule has 3 N–H and O–H groups in total. The molecule has 4 nitrogen and oxygen atoms in total. The van der Waals surface area contributed by atoms with Gasteiger partial charge in [0, 0.05) is 32.2 Å². The van der Waals surface area contributed by atoms with Gasteiger partial charge in [0.15, 0.2) is 0 Å². The maximum absolute atomic E-state index is 12.3. The second-order valence-corrected chi connectivity index (χ2v) is 5.70. The number of aliphatic hydroxyl groups is 1. The molecule has 1 saturated carbocycles. The Bertz CT molecular complexity index is 258. The van der Waals surface area contributed by atoms with Crippen LogP contribution in [-0.2, 0) is 4.79 Å². The van der Waals surface area contributed by atoms with Crippen LogP contribution >= 0.6 is 0 Å². The van der Waals surface area contributed by atoms with E-state index in [1.807, 2.05) is 11.9 Å². The van der Waals surface area contributed by atoms with Crippen molar-refractivity contribution in [1.29, 1.82) is 0 Å².